The highest BCUT2D eigenvalue weighted by Gasteiger charge is 2.35. The summed E-state index contributed by atoms with van der Waals surface area (Å²) in [5.41, 5.74) is -0.433. The van der Waals surface area contributed by atoms with Crippen molar-refractivity contribution in [2.24, 2.45) is 5.92 Å². The molecular formula is C12H25ClN2O2. The van der Waals surface area contributed by atoms with Gasteiger partial charge in [-0.2, -0.15) is 0 Å². The second kappa shape index (κ2) is 7.19. The number of hydrogen-bond donors (Lipinski definition) is 3. The standard InChI is InChI=1S/C12H24N2O2.ClH/c1-9(2)7-10(15)8-13-11(16)12(3)5-4-6-14-12;/h9-10,14-15H,4-8H2,1-3H3,(H,13,16);1H. The zero-order chi connectivity index (χ0) is 12.2. The van der Waals surface area contributed by atoms with E-state index in [9.17, 15) is 9.90 Å². The van der Waals surface area contributed by atoms with E-state index >= 15 is 0 Å². The molecule has 17 heavy (non-hydrogen) atoms. The summed E-state index contributed by atoms with van der Waals surface area (Å²) < 4.78 is 0. The van der Waals surface area contributed by atoms with Gasteiger partial charge >= 0.3 is 0 Å². The Bertz CT molecular complexity index is 241. The summed E-state index contributed by atoms with van der Waals surface area (Å²) in [6.45, 7) is 7.30. The van der Waals surface area contributed by atoms with Crippen molar-refractivity contribution in [1.82, 2.24) is 10.6 Å². The molecule has 4 nitrogen and oxygen atoms in total. The van der Waals surface area contributed by atoms with Crippen LogP contribution in [0.5, 0.6) is 0 Å². The Morgan fingerprint density at radius 3 is 2.65 bits per heavy atom. The van der Waals surface area contributed by atoms with Crippen LogP contribution in [-0.4, -0.2) is 35.7 Å². The molecule has 2 atom stereocenters. The van der Waals surface area contributed by atoms with Crippen LogP contribution in [0.3, 0.4) is 0 Å². The number of nitrogens with one attached hydrogen (secondary N) is 2. The monoisotopic (exact) mass is 264 g/mol. The predicted octanol–water partition coefficient (Wildman–Crippen LogP) is 1.07. The summed E-state index contributed by atoms with van der Waals surface area (Å²) in [4.78, 5) is 11.9. The van der Waals surface area contributed by atoms with E-state index in [4.69, 9.17) is 0 Å². The SMILES string of the molecule is CC(C)CC(O)CNC(=O)C1(C)CCCN1.Cl. The van der Waals surface area contributed by atoms with E-state index in [0.29, 0.717) is 12.5 Å². The molecule has 1 amide bonds. The topological polar surface area (TPSA) is 61.4 Å². The second-order valence-corrected chi connectivity index (χ2v) is 5.36. The largest absolute Gasteiger partial charge is 0.391 e. The maximum Gasteiger partial charge on any atom is 0.240 e. The number of hydrogen-bond acceptors (Lipinski definition) is 3. The van der Waals surface area contributed by atoms with Crippen LogP contribution >= 0.6 is 12.4 Å². The van der Waals surface area contributed by atoms with Gasteiger partial charge in [0.25, 0.3) is 0 Å². The van der Waals surface area contributed by atoms with Gasteiger partial charge in [-0.25, -0.2) is 0 Å². The van der Waals surface area contributed by atoms with E-state index in [1.165, 1.54) is 0 Å². The molecule has 2 unspecified atom stereocenters. The Labute approximate surface area is 110 Å². The highest BCUT2D eigenvalue weighted by Crippen LogP contribution is 2.18. The van der Waals surface area contributed by atoms with Gasteiger partial charge in [0.2, 0.25) is 5.91 Å². The minimum absolute atomic E-state index is 0. The van der Waals surface area contributed by atoms with Gasteiger partial charge in [0.05, 0.1) is 11.6 Å². The van der Waals surface area contributed by atoms with Crippen LogP contribution in [0, 0.1) is 5.92 Å². The van der Waals surface area contributed by atoms with Gasteiger partial charge < -0.3 is 15.7 Å². The van der Waals surface area contributed by atoms with E-state index < -0.39 is 11.6 Å². The van der Waals surface area contributed by atoms with Crippen molar-refractivity contribution in [1.29, 1.82) is 0 Å². The van der Waals surface area contributed by atoms with Crippen molar-refractivity contribution in [3.63, 3.8) is 0 Å². The Morgan fingerprint density at radius 2 is 2.18 bits per heavy atom. The van der Waals surface area contributed by atoms with E-state index in [0.717, 1.165) is 25.8 Å². The van der Waals surface area contributed by atoms with Gasteiger partial charge in [0.15, 0.2) is 0 Å². The summed E-state index contributed by atoms with van der Waals surface area (Å²) in [7, 11) is 0. The van der Waals surface area contributed by atoms with Crippen molar-refractivity contribution >= 4 is 18.3 Å². The first kappa shape index (κ1) is 16.7. The minimum atomic E-state index is -0.436. The summed E-state index contributed by atoms with van der Waals surface area (Å²) in [5, 5.41) is 15.7. The number of aliphatic hydroxyl groups excluding tert-OH is 1. The highest BCUT2D eigenvalue weighted by atomic mass is 35.5. The molecule has 0 aromatic rings. The van der Waals surface area contributed by atoms with Crippen molar-refractivity contribution in [2.75, 3.05) is 13.1 Å². The van der Waals surface area contributed by atoms with Gasteiger partial charge in [-0.1, -0.05) is 13.8 Å². The van der Waals surface area contributed by atoms with Crippen LogP contribution in [0.15, 0.2) is 0 Å². The first-order chi connectivity index (χ1) is 7.44. The Balaban J connectivity index is 0.00000256. The lowest BCUT2D eigenvalue weighted by molar-refractivity contribution is -0.127. The average molecular weight is 265 g/mol. The van der Waals surface area contributed by atoms with E-state index in [1.54, 1.807) is 0 Å². The molecule has 0 spiro atoms. The molecule has 1 heterocycles. The normalized spacial score (nSPS) is 25.5. The summed E-state index contributed by atoms with van der Waals surface area (Å²) >= 11 is 0. The lowest BCUT2D eigenvalue weighted by Gasteiger charge is -2.24. The van der Waals surface area contributed by atoms with Crippen LogP contribution in [-0.2, 0) is 4.79 Å². The van der Waals surface area contributed by atoms with Gasteiger partial charge in [0.1, 0.15) is 0 Å². The predicted molar refractivity (Wildman–Crippen MR) is 71.4 cm³/mol. The fraction of sp³-hybridized carbons (Fsp3) is 0.917. The van der Waals surface area contributed by atoms with E-state index in [-0.39, 0.29) is 18.3 Å². The molecule has 1 fully saturated rings. The zero-order valence-electron chi connectivity index (χ0n) is 11.0. The maximum atomic E-state index is 11.9. The molecule has 1 aliphatic rings. The smallest absolute Gasteiger partial charge is 0.240 e. The molecule has 0 saturated carbocycles. The van der Waals surface area contributed by atoms with Crippen molar-refractivity contribution in [2.45, 2.75) is 51.7 Å². The average Bonchev–Trinajstić information content (AvgIpc) is 2.62. The molecule has 1 saturated heterocycles. The number of halogens is 1. The third kappa shape index (κ3) is 5.23. The molecule has 0 radical (unpaired) electrons. The molecule has 0 aliphatic carbocycles. The van der Waals surface area contributed by atoms with Crippen LogP contribution < -0.4 is 10.6 Å². The molecular weight excluding hydrogens is 240 g/mol. The van der Waals surface area contributed by atoms with Crippen LogP contribution in [0.25, 0.3) is 0 Å². The maximum absolute atomic E-state index is 11.9. The third-order valence-electron chi connectivity index (χ3n) is 3.11. The quantitative estimate of drug-likeness (QED) is 0.696. The van der Waals surface area contributed by atoms with Gasteiger partial charge in [0, 0.05) is 6.54 Å². The first-order valence-electron chi connectivity index (χ1n) is 6.15. The highest BCUT2D eigenvalue weighted by molar-refractivity contribution is 5.86. The van der Waals surface area contributed by atoms with Crippen LogP contribution in [0.2, 0.25) is 0 Å². The van der Waals surface area contributed by atoms with Crippen LogP contribution in [0.4, 0.5) is 0 Å². The lowest BCUT2D eigenvalue weighted by atomic mass is 9.99. The molecule has 1 aliphatic heterocycles. The molecule has 102 valence electrons. The Morgan fingerprint density at radius 1 is 1.53 bits per heavy atom. The fourth-order valence-electron chi connectivity index (χ4n) is 2.12. The van der Waals surface area contributed by atoms with Crippen molar-refractivity contribution in [3.8, 4) is 0 Å². The Kier molecular flexibility index (Phi) is 7.05. The van der Waals surface area contributed by atoms with E-state index in [2.05, 4.69) is 24.5 Å². The number of carbonyl (C=O) groups is 1. The number of carbonyl (C=O) groups excluding carboxylic acids is 1. The molecule has 1 rings (SSSR count). The van der Waals surface area contributed by atoms with Gasteiger partial charge in [-0.05, 0) is 38.6 Å². The van der Waals surface area contributed by atoms with Gasteiger partial charge in [-0.3, -0.25) is 4.79 Å². The number of amides is 1. The van der Waals surface area contributed by atoms with Crippen molar-refractivity contribution < 1.29 is 9.90 Å². The first-order valence-corrected chi connectivity index (χ1v) is 6.15. The number of aliphatic hydroxyl groups is 1. The number of rotatable bonds is 5. The summed E-state index contributed by atoms with van der Waals surface area (Å²) in [5.74, 6) is 0.458. The summed E-state index contributed by atoms with van der Waals surface area (Å²) in [6.07, 6.45) is 2.20. The molecule has 5 heteroatoms. The third-order valence-corrected chi connectivity index (χ3v) is 3.11. The second-order valence-electron chi connectivity index (χ2n) is 5.36. The fourth-order valence-corrected chi connectivity index (χ4v) is 2.12. The minimum Gasteiger partial charge on any atom is -0.391 e. The lowest BCUT2D eigenvalue weighted by Crippen LogP contribution is -2.52. The molecule has 3 N–H and O–H groups in total. The van der Waals surface area contributed by atoms with E-state index in [1.807, 2.05) is 6.92 Å². The molecule has 0 aromatic heterocycles. The Hall–Kier alpha value is -0.320. The summed E-state index contributed by atoms with van der Waals surface area (Å²) in [6, 6.07) is 0. The van der Waals surface area contributed by atoms with Gasteiger partial charge in [-0.15, -0.1) is 12.4 Å². The van der Waals surface area contributed by atoms with Crippen molar-refractivity contribution in [3.05, 3.63) is 0 Å². The molecule has 0 bridgehead atoms. The molecule has 0 aromatic carbocycles. The van der Waals surface area contributed by atoms with Crippen LogP contribution in [0.1, 0.15) is 40.0 Å². The zero-order valence-corrected chi connectivity index (χ0v) is 11.8.